The average Bonchev–Trinajstić information content (AvgIpc) is 3.55. The van der Waals surface area contributed by atoms with Gasteiger partial charge in [-0.1, -0.05) is 78.1 Å². The van der Waals surface area contributed by atoms with Crippen molar-refractivity contribution in [1.29, 1.82) is 0 Å². The van der Waals surface area contributed by atoms with Crippen LogP contribution in [0.3, 0.4) is 0 Å². The Kier molecular flexibility index (Phi) is 16.7. The van der Waals surface area contributed by atoms with Gasteiger partial charge >= 0.3 is 0 Å². The molecule has 2 heterocycles. The van der Waals surface area contributed by atoms with Crippen molar-refractivity contribution < 1.29 is 18.9 Å². The third-order valence-corrected chi connectivity index (χ3v) is 4.70. The van der Waals surface area contributed by atoms with Crippen molar-refractivity contribution in [2.75, 3.05) is 39.6 Å². The summed E-state index contributed by atoms with van der Waals surface area (Å²) in [6, 6.07) is 0. The van der Waals surface area contributed by atoms with Crippen molar-refractivity contribution in [1.82, 2.24) is 0 Å². The molecule has 2 unspecified atom stereocenters. The van der Waals surface area contributed by atoms with E-state index in [4.69, 9.17) is 18.9 Å². The van der Waals surface area contributed by atoms with Crippen molar-refractivity contribution in [3.63, 3.8) is 0 Å². The molecule has 2 rings (SSSR count). The Balaban J connectivity index is 0.000000260. The van der Waals surface area contributed by atoms with Crippen LogP contribution in [0.4, 0.5) is 0 Å². The van der Waals surface area contributed by atoms with Crippen molar-refractivity contribution in [2.45, 2.75) is 103 Å². The lowest BCUT2D eigenvalue weighted by Crippen LogP contribution is -2.02. The van der Waals surface area contributed by atoms with Crippen molar-refractivity contribution in [2.24, 2.45) is 0 Å². The van der Waals surface area contributed by atoms with Crippen molar-refractivity contribution >= 4 is 0 Å². The first-order valence-electron chi connectivity index (χ1n) is 11.3. The van der Waals surface area contributed by atoms with Gasteiger partial charge in [-0.05, 0) is 12.8 Å². The third-order valence-electron chi connectivity index (χ3n) is 4.70. The predicted molar refractivity (Wildman–Crippen MR) is 108 cm³/mol. The summed E-state index contributed by atoms with van der Waals surface area (Å²) >= 11 is 0. The second-order valence-corrected chi connectivity index (χ2v) is 7.60. The van der Waals surface area contributed by atoms with E-state index in [-0.39, 0.29) is 0 Å². The molecule has 26 heavy (non-hydrogen) atoms. The summed E-state index contributed by atoms with van der Waals surface area (Å²) < 4.78 is 21.0. The SMILES string of the molecule is CCCCCCCCOCC1CO1.CCCCCCCCOCC1CO1. The fourth-order valence-electron chi connectivity index (χ4n) is 2.73. The van der Waals surface area contributed by atoms with Crippen LogP contribution in [0.5, 0.6) is 0 Å². The van der Waals surface area contributed by atoms with Crippen LogP contribution in [0.15, 0.2) is 0 Å². The predicted octanol–water partition coefficient (Wildman–Crippen LogP) is 5.52. The van der Waals surface area contributed by atoms with Gasteiger partial charge in [0.25, 0.3) is 0 Å². The Hall–Kier alpha value is -0.160. The van der Waals surface area contributed by atoms with E-state index in [1.807, 2.05) is 0 Å². The van der Waals surface area contributed by atoms with Gasteiger partial charge in [-0.3, -0.25) is 0 Å². The molecule has 4 heteroatoms. The lowest BCUT2D eigenvalue weighted by atomic mass is 10.1. The van der Waals surface area contributed by atoms with Gasteiger partial charge in [0.2, 0.25) is 0 Å². The summed E-state index contributed by atoms with van der Waals surface area (Å²) in [4.78, 5) is 0. The van der Waals surface area contributed by atoms with Crippen molar-refractivity contribution in [3.05, 3.63) is 0 Å². The quantitative estimate of drug-likeness (QED) is 0.234. The second-order valence-electron chi connectivity index (χ2n) is 7.60. The van der Waals surface area contributed by atoms with Crippen LogP contribution in [0, 0.1) is 0 Å². The first-order valence-corrected chi connectivity index (χ1v) is 11.3. The Morgan fingerprint density at radius 2 is 0.923 bits per heavy atom. The summed E-state index contributed by atoms with van der Waals surface area (Å²) in [5.41, 5.74) is 0. The molecule has 2 fully saturated rings. The Bertz CT molecular complexity index is 249. The number of unbranched alkanes of at least 4 members (excludes halogenated alkanes) is 10. The highest BCUT2D eigenvalue weighted by Gasteiger charge is 2.22. The third kappa shape index (κ3) is 18.6. The fourth-order valence-corrected chi connectivity index (χ4v) is 2.73. The van der Waals surface area contributed by atoms with Gasteiger partial charge in [0.15, 0.2) is 0 Å². The first-order chi connectivity index (χ1) is 12.9. The molecule has 0 aromatic heterocycles. The van der Waals surface area contributed by atoms with Gasteiger partial charge in [0, 0.05) is 13.2 Å². The molecule has 0 radical (unpaired) electrons. The van der Waals surface area contributed by atoms with Crippen LogP contribution >= 0.6 is 0 Å². The maximum Gasteiger partial charge on any atom is 0.104 e. The highest BCUT2D eigenvalue weighted by molar-refractivity contribution is 4.67. The highest BCUT2D eigenvalue weighted by atomic mass is 16.6. The van der Waals surface area contributed by atoms with E-state index in [9.17, 15) is 0 Å². The Labute approximate surface area is 162 Å². The molecule has 0 amide bonds. The smallest absolute Gasteiger partial charge is 0.104 e. The molecule has 0 bridgehead atoms. The fraction of sp³-hybridized carbons (Fsp3) is 1.00. The molecule has 0 aromatic rings. The zero-order valence-corrected chi connectivity index (χ0v) is 17.5. The van der Waals surface area contributed by atoms with E-state index in [0.29, 0.717) is 12.2 Å². The monoisotopic (exact) mass is 372 g/mol. The van der Waals surface area contributed by atoms with Crippen LogP contribution in [-0.4, -0.2) is 51.8 Å². The standard InChI is InChI=1S/2C11H22O2/c2*1-2-3-4-5-6-7-8-12-9-11-10-13-11/h2*11H,2-10H2,1H3. The molecule has 0 aromatic carbocycles. The molecule has 4 nitrogen and oxygen atoms in total. The maximum absolute atomic E-state index is 5.44. The van der Waals surface area contributed by atoms with Crippen LogP contribution in [-0.2, 0) is 18.9 Å². The second kappa shape index (κ2) is 18.2. The minimum Gasteiger partial charge on any atom is -0.379 e. The normalized spacial score (nSPS) is 20.5. The van der Waals surface area contributed by atoms with E-state index >= 15 is 0 Å². The number of hydrogen-bond donors (Lipinski definition) is 0. The van der Waals surface area contributed by atoms with Gasteiger partial charge in [-0.15, -0.1) is 0 Å². The van der Waals surface area contributed by atoms with Crippen LogP contribution in [0.25, 0.3) is 0 Å². The van der Waals surface area contributed by atoms with Gasteiger partial charge in [-0.2, -0.15) is 0 Å². The Morgan fingerprint density at radius 1 is 0.577 bits per heavy atom. The molecule has 156 valence electrons. The molecule has 2 aliphatic rings. The number of ether oxygens (including phenoxy) is 4. The van der Waals surface area contributed by atoms with Gasteiger partial charge in [0.1, 0.15) is 12.2 Å². The summed E-state index contributed by atoms with van der Waals surface area (Å²) in [7, 11) is 0. The molecular formula is C22H44O4. The van der Waals surface area contributed by atoms with Crippen LogP contribution in [0.1, 0.15) is 90.9 Å². The minimum absolute atomic E-state index is 0.431. The van der Waals surface area contributed by atoms with Crippen LogP contribution in [0.2, 0.25) is 0 Å². The molecule has 2 saturated heterocycles. The summed E-state index contributed by atoms with van der Waals surface area (Å²) in [6.07, 6.45) is 16.9. The van der Waals surface area contributed by atoms with Crippen molar-refractivity contribution in [3.8, 4) is 0 Å². The molecule has 0 saturated carbocycles. The van der Waals surface area contributed by atoms with Gasteiger partial charge in [-0.25, -0.2) is 0 Å². The van der Waals surface area contributed by atoms with E-state index in [2.05, 4.69) is 13.8 Å². The van der Waals surface area contributed by atoms with E-state index in [0.717, 1.165) is 39.6 Å². The van der Waals surface area contributed by atoms with Crippen LogP contribution < -0.4 is 0 Å². The summed E-state index contributed by atoms with van der Waals surface area (Å²) in [6.45, 7) is 9.80. The zero-order valence-electron chi connectivity index (χ0n) is 17.5. The average molecular weight is 373 g/mol. The molecule has 0 aliphatic carbocycles. The van der Waals surface area contributed by atoms with Gasteiger partial charge < -0.3 is 18.9 Å². The molecular weight excluding hydrogens is 328 g/mol. The molecule has 2 aliphatic heterocycles. The minimum atomic E-state index is 0.431. The topological polar surface area (TPSA) is 43.5 Å². The first kappa shape index (κ1) is 23.9. The number of rotatable bonds is 18. The molecule has 2 atom stereocenters. The largest absolute Gasteiger partial charge is 0.379 e. The van der Waals surface area contributed by atoms with E-state index in [1.165, 1.54) is 77.0 Å². The lowest BCUT2D eigenvalue weighted by Gasteiger charge is -2.01. The lowest BCUT2D eigenvalue weighted by molar-refractivity contribution is 0.113. The van der Waals surface area contributed by atoms with Gasteiger partial charge in [0.05, 0.1) is 26.4 Å². The highest BCUT2D eigenvalue weighted by Crippen LogP contribution is 2.10. The number of epoxide rings is 2. The van der Waals surface area contributed by atoms with E-state index < -0.39 is 0 Å². The summed E-state index contributed by atoms with van der Waals surface area (Å²) in [5.74, 6) is 0. The molecule has 0 spiro atoms. The summed E-state index contributed by atoms with van der Waals surface area (Å²) in [5, 5.41) is 0. The maximum atomic E-state index is 5.44. The Morgan fingerprint density at radius 3 is 1.27 bits per heavy atom. The van der Waals surface area contributed by atoms with E-state index in [1.54, 1.807) is 0 Å². The number of hydrogen-bond acceptors (Lipinski definition) is 4. The molecule has 0 N–H and O–H groups in total. The zero-order chi connectivity index (χ0) is 18.7.